The molecule has 0 N–H and O–H groups in total. The van der Waals surface area contributed by atoms with Gasteiger partial charge in [-0.2, -0.15) is 0 Å². The molecule has 1 unspecified atom stereocenters. The molecular weight excluding hydrogens is 228 g/mol. The van der Waals surface area contributed by atoms with E-state index in [9.17, 15) is 0 Å². The normalized spacial score (nSPS) is 13.1. The first-order valence-corrected chi connectivity index (χ1v) is 9.09. The Morgan fingerprint density at radius 2 is 1.05 bits per heavy atom. The molecule has 115 valence electrons. The molecule has 0 amide bonds. The van der Waals surface area contributed by atoms with E-state index in [-0.39, 0.29) is 0 Å². The summed E-state index contributed by atoms with van der Waals surface area (Å²) in [4.78, 5) is 0. The Morgan fingerprint density at radius 1 is 0.632 bits per heavy atom. The summed E-state index contributed by atoms with van der Waals surface area (Å²) in [6, 6.07) is 0. The Labute approximate surface area is 123 Å². The van der Waals surface area contributed by atoms with Gasteiger partial charge in [-0.3, -0.25) is 0 Å². The molecule has 0 aromatic heterocycles. The second-order valence-electron chi connectivity index (χ2n) is 6.42. The van der Waals surface area contributed by atoms with Crippen molar-refractivity contribution in [1.29, 1.82) is 0 Å². The minimum Gasteiger partial charge on any atom is -0.0654 e. The van der Waals surface area contributed by atoms with E-state index in [1.807, 2.05) is 0 Å². The van der Waals surface area contributed by atoms with Gasteiger partial charge in [0.15, 0.2) is 0 Å². The van der Waals surface area contributed by atoms with Crippen LogP contribution in [0, 0.1) is 18.3 Å². The van der Waals surface area contributed by atoms with E-state index in [2.05, 4.69) is 34.1 Å². The molecular formula is C19H39. The van der Waals surface area contributed by atoms with Gasteiger partial charge >= 0.3 is 0 Å². The molecule has 0 rings (SSSR count). The number of rotatable bonds is 14. The molecule has 1 atom stereocenters. The largest absolute Gasteiger partial charge is 0.0654 e. The predicted molar refractivity (Wildman–Crippen MR) is 89.4 cm³/mol. The third kappa shape index (κ3) is 12.8. The zero-order chi connectivity index (χ0) is 14.3. The maximum Gasteiger partial charge on any atom is -0.0326 e. The van der Waals surface area contributed by atoms with Gasteiger partial charge in [0.2, 0.25) is 0 Å². The molecule has 0 saturated carbocycles. The summed E-state index contributed by atoms with van der Waals surface area (Å²) in [5.74, 6) is 1.73. The molecule has 0 nitrogen and oxygen atoms in total. The third-order valence-electron chi connectivity index (χ3n) is 4.22. The Morgan fingerprint density at radius 3 is 1.47 bits per heavy atom. The van der Waals surface area contributed by atoms with E-state index in [0.29, 0.717) is 0 Å². The molecule has 0 heterocycles. The van der Waals surface area contributed by atoms with Crippen LogP contribution < -0.4 is 0 Å². The van der Waals surface area contributed by atoms with Crippen LogP contribution >= 0.6 is 0 Å². The van der Waals surface area contributed by atoms with Crippen LogP contribution in [0.25, 0.3) is 0 Å². The van der Waals surface area contributed by atoms with Crippen molar-refractivity contribution < 1.29 is 0 Å². The molecule has 0 aromatic carbocycles. The summed E-state index contributed by atoms with van der Waals surface area (Å²) >= 11 is 0. The summed E-state index contributed by atoms with van der Waals surface area (Å²) in [6.07, 6.45) is 19.6. The van der Waals surface area contributed by atoms with Gasteiger partial charge in [-0.15, -0.1) is 0 Å². The van der Waals surface area contributed by atoms with E-state index in [0.717, 1.165) is 11.8 Å². The van der Waals surface area contributed by atoms with Gasteiger partial charge in [-0.05, 0) is 18.3 Å². The maximum atomic E-state index is 2.70. The van der Waals surface area contributed by atoms with Crippen molar-refractivity contribution in [2.75, 3.05) is 0 Å². The van der Waals surface area contributed by atoms with Crippen LogP contribution in [-0.4, -0.2) is 0 Å². The minimum absolute atomic E-state index is 0.833. The van der Waals surface area contributed by atoms with Gasteiger partial charge in [0.25, 0.3) is 0 Å². The van der Waals surface area contributed by atoms with E-state index in [1.54, 1.807) is 0 Å². The second kappa shape index (κ2) is 14.4. The summed E-state index contributed by atoms with van der Waals surface area (Å²) in [5.41, 5.74) is 0. The van der Waals surface area contributed by atoms with Crippen LogP contribution in [0.4, 0.5) is 0 Å². The highest BCUT2D eigenvalue weighted by molar-refractivity contribution is 4.81. The summed E-state index contributed by atoms with van der Waals surface area (Å²) in [6.45, 7) is 9.35. The molecule has 0 aliphatic carbocycles. The van der Waals surface area contributed by atoms with Gasteiger partial charge in [0, 0.05) is 0 Å². The quantitative estimate of drug-likeness (QED) is 0.292. The lowest BCUT2D eigenvalue weighted by atomic mass is 9.85. The Kier molecular flexibility index (Phi) is 14.4. The molecule has 0 saturated heterocycles. The van der Waals surface area contributed by atoms with Crippen LogP contribution in [0.1, 0.15) is 105 Å². The number of hydrogen-bond donors (Lipinski definition) is 0. The van der Waals surface area contributed by atoms with Crippen molar-refractivity contribution in [1.82, 2.24) is 0 Å². The Hall–Kier alpha value is 0. The average Bonchev–Trinajstić information content (AvgIpc) is 2.39. The van der Waals surface area contributed by atoms with Crippen molar-refractivity contribution in [2.24, 2.45) is 11.8 Å². The van der Waals surface area contributed by atoms with Crippen molar-refractivity contribution in [3.8, 4) is 0 Å². The molecule has 19 heavy (non-hydrogen) atoms. The monoisotopic (exact) mass is 267 g/mol. The lowest BCUT2D eigenvalue weighted by Gasteiger charge is -2.21. The van der Waals surface area contributed by atoms with Gasteiger partial charge in [-0.1, -0.05) is 105 Å². The summed E-state index contributed by atoms with van der Waals surface area (Å²) in [7, 11) is 0. The summed E-state index contributed by atoms with van der Waals surface area (Å²) in [5, 5.41) is 0. The Balaban J connectivity index is 3.86. The van der Waals surface area contributed by atoms with E-state index >= 15 is 0 Å². The molecule has 0 aliphatic heterocycles. The first-order chi connectivity index (χ1) is 9.24. The van der Waals surface area contributed by atoms with Crippen LogP contribution in [0.2, 0.25) is 0 Å². The molecule has 0 aromatic rings. The highest BCUT2D eigenvalue weighted by atomic mass is 14.2. The Bertz CT molecular complexity index is 151. The fourth-order valence-corrected chi connectivity index (χ4v) is 2.93. The van der Waals surface area contributed by atoms with Crippen molar-refractivity contribution >= 4 is 0 Å². The topological polar surface area (TPSA) is 0 Å². The lowest BCUT2D eigenvalue weighted by molar-refractivity contribution is 0.403. The molecule has 0 heteroatoms. The van der Waals surface area contributed by atoms with E-state index in [4.69, 9.17) is 0 Å². The van der Waals surface area contributed by atoms with Gasteiger partial charge in [-0.25, -0.2) is 0 Å². The van der Waals surface area contributed by atoms with Gasteiger partial charge in [0.1, 0.15) is 0 Å². The second-order valence-corrected chi connectivity index (χ2v) is 6.42. The first kappa shape index (κ1) is 19.0. The van der Waals surface area contributed by atoms with Gasteiger partial charge in [0.05, 0.1) is 0 Å². The predicted octanol–water partition coefficient (Wildman–Crippen LogP) is 7.18. The SMILES string of the molecule is CCCCCC(C)[CH]C(CCCCC)CCCCC. The standard InChI is InChI=1S/C19H39/c1-5-8-11-14-18(4)17-19(15-12-9-6-2)16-13-10-7-3/h17-19H,5-16H2,1-4H3. The smallest absolute Gasteiger partial charge is 0.0326 e. The van der Waals surface area contributed by atoms with E-state index < -0.39 is 0 Å². The third-order valence-corrected chi connectivity index (χ3v) is 4.22. The molecule has 0 fully saturated rings. The van der Waals surface area contributed by atoms with E-state index in [1.165, 1.54) is 77.0 Å². The van der Waals surface area contributed by atoms with Crippen LogP contribution in [0.3, 0.4) is 0 Å². The highest BCUT2D eigenvalue weighted by Gasteiger charge is 2.13. The summed E-state index contributed by atoms with van der Waals surface area (Å²) < 4.78 is 0. The van der Waals surface area contributed by atoms with Gasteiger partial charge < -0.3 is 0 Å². The van der Waals surface area contributed by atoms with Crippen LogP contribution in [0.15, 0.2) is 0 Å². The molecule has 1 radical (unpaired) electrons. The minimum atomic E-state index is 0.833. The zero-order valence-corrected chi connectivity index (χ0v) is 14.2. The van der Waals surface area contributed by atoms with Crippen molar-refractivity contribution in [3.63, 3.8) is 0 Å². The molecule has 0 aliphatic rings. The highest BCUT2D eigenvalue weighted by Crippen LogP contribution is 2.26. The lowest BCUT2D eigenvalue weighted by Crippen LogP contribution is -2.08. The van der Waals surface area contributed by atoms with Crippen molar-refractivity contribution in [2.45, 2.75) is 105 Å². The molecule has 0 spiro atoms. The number of hydrogen-bond acceptors (Lipinski definition) is 0. The van der Waals surface area contributed by atoms with Crippen molar-refractivity contribution in [3.05, 3.63) is 6.42 Å². The number of unbranched alkanes of at least 4 members (excludes halogenated alkanes) is 6. The average molecular weight is 268 g/mol. The van der Waals surface area contributed by atoms with Crippen LogP contribution in [-0.2, 0) is 0 Å². The maximum absolute atomic E-state index is 2.70. The van der Waals surface area contributed by atoms with Crippen LogP contribution in [0.5, 0.6) is 0 Å². The fraction of sp³-hybridized carbons (Fsp3) is 0.947. The fourth-order valence-electron chi connectivity index (χ4n) is 2.93. The zero-order valence-electron chi connectivity index (χ0n) is 14.2. The molecule has 0 bridgehead atoms. The first-order valence-electron chi connectivity index (χ1n) is 9.09.